The van der Waals surface area contributed by atoms with Gasteiger partial charge in [0.1, 0.15) is 31.3 Å². The molecule has 36 heavy (non-hydrogen) atoms. The average Bonchev–Trinajstić information content (AvgIpc) is 2.90. The number of hydrogen-bond acceptors (Lipinski definition) is 8. The summed E-state index contributed by atoms with van der Waals surface area (Å²) in [7, 11) is 4.38. The van der Waals surface area contributed by atoms with E-state index in [0.717, 1.165) is 0 Å². The van der Waals surface area contributed by atoms with Crippen molar-refractivity contribution in [3.8, 4) is 23.0 Å². The van der Waals surface area contributed by atoms with Gasteiger partial charge in [-0.2, -0.15) is 0 Å². The van der Waals surface area contributed by atoms with Crippen LogP contribution in [-0.4, -0.2) is 59.5 Å². The van der Waals surface area contributed by atoms with E-state index in [0.29, 0.717) is 53.6 Å². The number of methoxy groups -OCH3 is 3. The van der Waals surface area contributed by atoms with E-state index in [9.17, 15) is 9.59 Å². The smallest absolute Gasteiger partial charge is 0.310 e. The molecule has 0 saturated carbocycles. The first kappa shape index (κ1) is 28.5. The summed E-state index contributed by atoms with van der Waals surface area (Å²) in [4.78, 5) is 26.3. The number of carbonyl (C=O) groups is 2. The lowest BCUT2D eigenvalue weighted by atomic mass is 9.90. The fourth-order valence-corrected chi connectivity index (χ4v) is 3.62. The first-order chi connectivity index (χ1) is 17.4. The van der Waals surface area contributed by atoms with Crippen molar-refractivity contribution in [2.75, 3.05) is 47.8 Å². The molecular weight excluding hydrogens is 464 g/mol. The first-order valence-corrected chi connectivity index (χ1v) is 11.5. The molecule has 0 aliphatic carbocycles. The van der Waals surface area contributed by atoms with Crippen LogP contribution in [0.15, 0.2) is 49.6 Å². The summed E-state index contributed by atoms with van der Waals surface area (Å²) in [5.41, 5.74) is 1.78. The van der Waals surface area contributed by atoms with Crippen LogP contribution in [-0.2, 0) is 27.1 Å². The van der Waals surface area contributed by atoms with Crippen LogP contribution in [0.2, 0.25) is 0 Å². The van der Waals surface area contributed by atoms with Crippen molar-refractivity contribution < 1.29 is 38.0 Å². The molecule has 0 unspecified atom stereocenters. The predicted octanol–water partition coefficient (Wildman–Crippen LogP) is 4.36. The van der Waals surface area contributed by atoms with Crippen molar-refractivity contribution in [1.82, 2.24) is 0 Å². The number of benzene rings is 2. The Morgan fingerprint density at radius 3 is 2.11 bits per heavy atom. The maximum Gasteiger partial charge on any atom is 0.310 e. The summed E-state index contributed by atoms with van der Waals surface area (Å²) in [5, 5.41) is 0. The van der Waals surface area contributed by atoms with Gasteiger partial charge in [-0.05, 0) is 35.7 Å². The molecule has 0 atom stereocenters. The lowest BCUT2D eigenvalue weighted by Gasteiger charge is -2.21. The summed E-state index contributed by atoms with van der Waals surface area (Å²) in [6, 6.07) is 6.56. The summed E-state index contributed by atoms with van der Waals surface area (Å²) in [5.74, 6) is 0.808. The molecule has 2 aromatic carbocycles. The highest BCUT2D eigenvalue weighted by atomic mass is 16.5. The normalized spacial score (nSPS) is 10.3. The van der Waals surface area contributed by atoms with E-state index >= 15 is 0 Å². The molecule has 0 N–H and O–H groups in total. The standard InChI is InChI=1S/C28H34O8/c1-7-12-34-23-18-25(35-13-8-2)27(21(20(23)9-3)17-26(29)33-6)28(30)19-10-11-22(24(16-19)32-5)36-15-14-31-4/h7-8,10-11,16,18H,1-2,9,12-15,17H2,3-6H3. The maximum absolute atomic E-state index is 13.9. The van der Waals surface area contributed by atoms with E-state index in [4.69, 9.17) is 28.4 Å². The number of ether oxygens (including phenoxy) is 6. The predicted molar refractivity (Wildman–Crippen MR) is 137 cm³/mol. The number of hydrogen-bond donors (Lipinski definition) is 0. The third-order valence-electron chi connectivity index (χ3n) is 5.29. The molecule has 0 heterocycles. The van der Waals surface area contributed by atoms with Gasteiger partial charge in [-0.25, -0.2) is 0 Å². The Morgan fingerprint density at radius 2 is 1.53 bits per heavy atom. The molecule has 2 rings (SSSR count). The third kappa shape index (κ3) is 7.11. The van der Waals surface area contributed by atoms with Crippen LogP contribution in [0.3, 0.4) is 0 Å². The van der Waals surface area contributed by atoms with E-state index in [1.165, 1.54) is 14.2 Å². The second-order valence-corrected chi connectivity index (χ2v) is 7.55. The quantitative estimate of drug-likeness (QED) is 0.146. The molecular formula is C28H34O8. The SMILES string of the molecule is C=CCOc1cc(OCC=C)c(C(=O)c2ccc(OCCOC)c(OC)c2)c(CC(=O)OC)c1CC. The van der Waals surface area contributed by atoms with Crippen LogP contribution in [0.4, 0.5) is 0 Å². The van der Waals surface area contributed by atoms with Crippen LogP contribution < -0.4 is 18.9 Å². The lowest BCUT2D eigenvalue weighted by molar-refractivity contribution is -0.139. The summed E-state index contributed by atoms with van der Waals surface area (Å²) < 4.78 is 32.8. The number of esters is 1. The largest absolute Gasteiger partial charge is 0.493 e. The Kier molecular flexibility index (Phi) is 11.5. The Hall–Kier alpha value is -3.78. The monoisotopic (exact) mass is 498 g/mol. The Labute approximate surface area is 212 Å². The Balaban J connectivity index is 2.70. The molecule has 2 aromatic rings. The zero-order chi connectivity index (χ0) is 26.5. The molecule has 0 aromatic heterocycles. The van der Waals surface area contributed by atoms with E-state index in [-0.39, 0.29) is 36.7 Å². The van der Waals surface area contributed by atoms with Crippen LogP contribution in [0.1, 0.15) is 34.0 Å². The second kappa shape index (κ2) is 14.6. The zero-order valence-electron chi connectivity index (χ0n) is 21.4. The minimum absolute atomic E-state index is 0.133. The number of ketones is 1. The lowest BCUT2D eigenvalue weighted by Crippen LogP contribution is -2.17. The van der Waals surface area contributed by atoms with Crippen molar-refractivity contribution >= 4 is 11.8 Å². The Bertz CT molecular complexity index is 1070. The van der Waals surface area contributed by atoms with Crippen molar-refractivity contribution in [2.24, 2.45) is 0 Å². The highest BCUT2D eigenvalue weighted by Crippen LogP contribution is 2.38. The number of carbonyl (C=O) groups excluding carboxylic acids is 2. The molecule has 0 bridgehead atoms. The molecule has 194 valence electrons. The zero-order valence-corrected chi connectivity index (χ0v) is 21.4. The summed E-state index contributed by atoms with van der Waals surface area (Å²) in [6.07, 6.45) is 3.56. The second-order valence-electron chi connectivity index (χ2n) is 7.55. The van der Waals surface area contributed by atoms with Gasteiger partial charge in [-0.3, -0.25) is 9.59 Å². The fraction of sp³-hybridized carbons (Fsp3) is 0.357. The van der Waals surface area contributed by atoms with E-state index in [2.05, 4.69) is 13.2 Å². The van der Waals surface area contributed by atoms with Gasteiger partial charge in [0.15, 0.2) is 17.3 Å². The molecule has 0 aliphatic heterocycles. The van der Waals surface area contributed by atoms with E-state index < -0.39 is 5.97 Å². The average molecular weight is 499 g/mol. The van der Waals surface area contributed by atoms with Gasteiger partial charge >= 0.3 is 5.97 Å². The molecule has 0 spiro atoms. The van der Waals surface area contributed by atoms with Gasteiger partial charge in [0.2, 0.25) is 0 Å². The van der Waals surface area contributed by atoms with E-state index in [1.807, 2.05) is 6.92 Å². The molecule has 8 heteroatoms. The number of rotatable bonds is 16. The van der Waals surface area contributed by atoms with Gasteiger partial charge in [0.25, 0.3) is 0 Å². The highest BCUT2D eigenvalue weighted by Gasteiger charge is 2.27. The minimum Gasteiger partial charge on any atom is -0.493 e. The van der Waals surface area contributed by atoms with Crippen LogP contribution in [0.5, 0.6) is 23.0 Å². The fourth-order valence-electron chi connectivity index (χ4n) is 3.62. The van der Waals surface area contributed by atoms with Crippen LogP contribution in [0, 0.1) is 0 Å². The minimum atomic E-state index is -0.492. The first-order valence-electron chi connectivity index (χ1n) is 11.5. The van der Waals surface area contributed by atoms with Gasteiger partial charge in [-0.15, -0.1) is 0 Å². The summed E-state index contributed by atoms with van der Waals surface area (Å²) >= 11 is 0. The van der Waals surface area contributed by atoms with Gasteiger partial charge in [0, 0.05) is 18.7 Å². The molecule has 0 saturated heterocycles. The van der Waals surface area contributed by atoms with Gasteiger partial charge < -0.3 is 28.4 Å². The Morgan fingerprint density at radius 1 is 0.833 bits per heavy atom. The highest BCUT2D eigenvalue weighted by molar-refractivity contribution is 6.13. The van der Waals surface area contributed by atoms with Gasteiger partial charge in [-0.1, -0.05) is 32.2 Å². The van der Waals surface area contributed by atoms with Crippen molar-refractivity contribution in [1.29, 1.82) is 0 Å². The van der Waals surface area contributed by atoms with Crippen LogP contribution in [0.25, 0.3) is 0 Å². The van der Waals surface area contributed by atoms with Crippen molar-refractivity contribution in [3.05, 3.63) is 71.8 Å². The third-order valence-corrected chi connectivity index (χ3v) is 5.29. The van der Waals surface area contributed by atoms with Crippen molar-refractivity contribution in [3.63, 3.8) is 0 Å². The molecule has 0 radical (unpaired) electrons. The molecule has 0 aliphatic rings. The molecule has 0 fully saturated rings. The topological polar surface area (TPSA) is 89.5 Å². The summed E-state index contributed by atoms with van der Waals surface area (Å²) in [6.45, 7) is 10.4. The molecule has 8 nitrogen and oxygen atoms in total. The molecule has 0 amide bonds. The van der Waals surface area contributed by atoms with Gasteiger partial charge in [0.05, 0.1) is 32.8 Å². The van der Waals surface area contributed by atoms with E-state index in [1.54, 1.807) is 43.5 Å². The van der Waals surface area contributed by atoms with Crippen molar-refractivity contribution in [2.45, 2.75) is 19.8 Å². The van der Waals surface area contributed by atoms with Crippen LogP contribution >= 0.6 is 0 Å². The maximum atomic E-state index is 13.9.